The normalized spacial score (nSPS) is 23.4. The number of rotatable bonds is 8. The number of benzene rings is 2. The van der Waals surface area contributed by atoms with Crippen molar-refractivity contribution in [2.45, 2.75) is 45.1 Å². The van der Waals surface area contributed by atoms with Crippen molar-refractivity contribution in [1.82, 2.24) is 4.90 Å². The molecule has 0 radical (unpaired) electrons. The highest BCUT2D eigenvalue weighted by Gasteiger charge is 2.31. The Labute approximate surface area is 187 Å². The molecule has 0 saturated carbocycles. The van der Waals surface area contributed by atoms with Crippen molar-refractivity contribution in [2.75, 3.05) is 26.2 Å². The standard InChI is InChI=1S/C28H36N2O/c31-28(27-17-19-29(20-18-27)22-25-12-6-2-7-13-25)30(23-26-14-8-3-9-15-26)21-16-24-10-4-1-5-11-24/h1-6,8-11,14-15,25,27H,7,12-13,16-23H2/p+1/t25-/m0/s1. The minimum Gasteiger partial charge on any atom is -0.338 e. The number of nitrogens with zero attached hydrogens (tertiary/aromatic N) is 1. The Kier molecular flexibility index (Phi) is 7.95. The number of carbonyl (C=O) groups excluding carboxylic acids is 1. The molecule has 2 aromatic rings. The van der Waals surface area contributed by atoms with Gasteiger partial charge in [-0.25, -0.2) is 0 Å². The average Bonchev–Trinajstić information content (AvgIpc) is 2.84. The Morgan fingerprint density at radius 1 is 0.871 bits per heavy atom. The van der Waals surface area contributed by atoms with Gasteiger partial charge in [0.05, 0.1) is 19.6 Å². The zero-order valence-electron chi connectivity index (χ0n) is 18.7. The Bertz CT molecular complexity index is 825. The van der Waals surface area contributed by atoms with Gasteiger partial charge in [0.25, 0.3) is 0 Å². The second-order valence-electron chi connectivity index (χ2n) is 9.36. The maximum absolute atomic E-state index is 13.5. The van der Waals surface area contributed by atoms with Crippen LogP contribution in [0.4, 0.5) is 0 Å². The van der Waals surface area contributed by atoms with Crippen LogP contribution < -0.4 is 4.90 Å². The summed E-state index contributed by atoms with van der Waals surface area (Å²) in [6.45, 7) is 5.09. The monoisotopic (exact) mass is 417 g/mol. The quantitative estimate of drug-likeness (QED) is 0.647. The van der Waals surface area contributed by atoms with E-state index in [1.807, 2.05) is 6.07 Å². The van der Waals surface area contributed by atoms with E-state index in [1.165, 1.54) is 36.9 Å². The van der Waals surface area contributed by atoms with Gasteiger partial charge in [-0.05, 0) is 36.8 Å². The van der Waals surface area contributed by atoms with E-state index in [1.54, 1.807) is 4.90 Å². The fraction of sp³-hybridized carbons (Fsp3) is 0.464. The maximum Gasteiger partial charge on any atom is 0.226 e. The molecule has 4 rings (SSSR count). The van der Waals surface area contributed by atoms with Crippen LogP contribution in [0, 0.1) is 11.8 Å². The summed E-state index contributed by atoms with van der Waals surface area (Å²) >= 11 is 0. The molecular weight excluding hydrogens is 380 g/mol. The van der Waals surface area contributed by atoms with Crippen LogP contribution in [0.25, 0.3) is 0 Å². The predicted molar refractivity (Wildman–Crippen MR) is 127 cm³/mol. The topological polar surface area (TPSA) is 24.8 Å². The molecule has 1 heterocycles. The van der Waals surface area contributed by atoms with Gasteiger partial charge in [-0.3, -0.25) is 4.79 Å². The molecule has 3 heteroatoms. The number of quaternary nitrogens is 1. The number of nitrogens with one attached hydrogen (secondary N) is 1. The SMILES string of the molecule is O=C(C1CC[NH+](C[C@H]2CC=CCC2)CC1)N(CCc1ccccc1)Cc1ccccc1. The van der Waals surface area contributed by atoms with Crippen LogP contribution >= 0.6 is 0 Å². The van der Waals surface area contributed by atoms with Crippen molar-refractivity contribution in [1.29, 1.82) is 0 Å². The minimum atomic E-state index is 0.189. The highest BCUT2D eigenvalue weighted by atomic mass is 16.2. The van der Waals surface area contributed by atoms with Crippen molar-refractivity contribution in [2.24, 2.45) is 11.8 Å². The van der Waals surface area contributed by atoms with E-state index in [9.17, 15) is 4.79 Å². The van der Waals surface area contributed by atoms with E-state index in [2.05, 4.69) is 71.6 Å². The van der Waals surface area contributed by atoms with Crippen LogP contribution in [0.3, 0.4) is 0 Å². The summed E-state index contributed by atoms with van der Waals surface area (Å²) < 4.78 is 0. The lowest BCUT2D eigenvalue weighted by molar-refractivity contribution is -0.909. The number of carbonyl (C=O) groups is 1. The summed E-state index contributed by atoms with van der Waals surface area (Å²) in [6.07, 6.45) is 11.5. The molecule has 1 atom stereocenters. The minimum absolute atomic E-state index is 0.189. The highest BCUT2D eigenvalue weighted by molar-refractivity contribution is 5.79. The molecule has 0 spiro atoms. The van der Waals surface area contributed by atoms with Crippen LogP contribution in [0.1, 0.15) is 43.2 Å². The molecule has 3 nitrogen and oxygen atoms in total. The van der Waals surface area contributed by atoms with Gasteiger partial charge in [0.15, 0.2) is 0 Å². The first-order valence-corrected chi connectivity index (χ1v) is 12.1. The molecule has 1 N–H and O–H groups in total. The van der Waals surface area contributed by atoms with Crippen molar-refractivity contribution in [3.63, 3.8) is 0 Å². The predicted octanol–water partition coefficient (Wildman–Crippen LogP) is 3.91. The zero-order chi connectivity index (χ0) is 21.3. The molecule has 1 fully saturated rings. The summed E-state index contributed by atoms with van der Waals surface area (Å²) in [5.74, 6) is 1.39. The molecule has 2 aromatic carbocycles. The zero-order valence-corrected chi connectivity index (χ0v) is 18.7. The lowest BCUT2D eigenvalue weighted by Crippen LogP contribution is -3.13. The summed E-state index contributed by atoms with van der Waals surface area (Å²) in [7, 11) is 0. The Balaban J connectivity index is 1.34. The highest BCUT2D eigenvalue weighted by Crippen LogP contribution is 2.19. The third-order valence-corrected chi connectivity index (χ3v) is 7.04. The van der Waals surface area contributed by atoms with Crippen LogP contribution in [0.5, 0.6) is 0 Å². The second kappa shape index (κ2) is 11.3. The second-order valence-corrected chi connectivity index (χ2v) is 9.36. The average molecular weight is 418 g/mol. The largest absolute Gasteiger partial charge is 0.338 e. The van der Waals surface area contributed by atoms with Gasteiger partial charge in [-0.2, -0.15) is 0 Å². The molecule has 2 aliphatic rings. The summed E-state index contributed by atoms with van der Waals surface area (Å²) in [4.78, 5) is 17.4. The molecule has 0 bridgehead atoms. The molecule has 1 aliphatic heterocycles. The van der Waals surface area contributed by atoms with Gasteiger partial charge < -0.3 is 9.80 Å². The third kappa shape index (κ3) is 6.54. The summed E-state index contributed by atoms with van der Waals surface area (Å²) in [5, 5.41) is 0. The lowest BCUT2D eigenvalue weighted by Gasteiger charge is -2.34. The maximum atomic E-state index is 13.5. The lowest BCUT2D eigenvalue weighted by atomic mass is 9.91. The summed E-state index contributed by atoms with van der Waals surface area (Å²) in [6, 6.07) is 21.0. The van der Waals surface area contributed by atoms with E-state index >= 15 is 0 Å². The number of allylic oxidation sites excluding steroid dienone is 2. The van der Waals surface area contributed by atoms with Crippen LogP contribution in [0.2, 0.25) is 0 Å². The third-order valence-electron chi connectivity index (χ3n) is 7.04. The smallest absolute Gasteiger partial charge is 0.226 e. The van der Waals surface area contributed by atoms with Crippen LogP contribution in [-0.2, 0) is 17.8 Å². The van der Waals surface area contributed by atoms with Gasteiger partial charge in [0, 0.05) is 37.8 Å². The molecule has 164 valence electrons. The number of hydrogen-bond acceptors (Lipinski definition) is 1. The van der Waals surface area contributed by atoms with Crippen LogP contribution in [-0.4, -0.2) is 37.0 Å². The number of hydrogen-bond donors (Lipinski definition) is 1. The number of piperidine rings is 1. The van der Waals surface area contributed by atoms with E-state index < -0.39 is 0 Å². The molecule has 0 unspecified atom stereocenters. The molecule has 0 aromatic heterocycles. The number of amides is 1. The first kappa shape index (κ1) is 21.8. The Hall–Kier alpha value is -2.39. The van der Waals surface area contributed by atoms with E-state index in [-0.39, 0.29) is 5.92 Å². The fourth-order valence-corrected chi connectivity index (χ4v) is 5.16. The Morgan fingerprint density at radius 3 is 2.19 bits per heavy atom. The Morgan fingerprint density at radius 2 is 1.55 bits per heavy atom. The van der Waals surface area contributed by atoms with Crippen molar-refractivity contribution >= 4 is 5.91 Å². The molecule has 31 heavy (non-hydrogen) atoms. The van der Waals surface area contributed by atoms with Crippen molar-refractivity contribution in [3.05, 3.63) is 83.9 Å². The fourth-order valence-electron chi connectivity index (χ4n) is 5.16. The van der Waals surface area contributed by atoms with Gasteiger partial charge in [-0.1, -0.05) is 72.8 Å². The first-order valence-electron chi connectivity index (χ1n) is 12.1. The molecule has 1 aliphatic carbocycles. The van der Waals surface area contributed by atoms with Gasteiger partial charge >= 0.3 is 0 Å². The van der Waals surface area contributed by atoms with Gasteiger partial charge in [0.2, 0.25) is 5.91 Å². The van der Waals surface area contributed by atoms with Gasteiger partial charge in [0.1, 0.15) is 0 Å². The van der Waals surface area contributed by atoms with E-state index in [0.29, 0.717) is 12.5 Å². The first-order chi connectivity index (χ1) is 15.3. The summed E-state index contributed by atoms with van der Waals surface area (Å²) in [5.41, 5.74) is 2.52. The van der Waals surface area contributed by atoms with Crippen molar-refractivity contribution < 1.29 is 9.69 Å². The van der Waals surface area contributed by atoms with E-state index in [4.69, 9.17) is 0 Å². The van der Waals surface area contributed by atoms with Crippen molar-refractivity contribution in [3.8, 4) is 0 Å². The van der Waals surface area contributed by atoms with E-state index in [0.717, 1.165) is 44.8 Å². The number of likely N-dealkylation sites (tertiary alicyclic amines) is 1. The van der Waals surface area contributed by atoms with Gasteiger partial charge in [-0.15, -0.1) is 0 Å². The molecule has 1 amide bonds. The van der Waals surface area contributed by atoms with Crippen LogP contribution in [0.15, 0.2) is 72.8 Å². The molecule has 1 saturated heterocycles. The molecular formula is C28H37N2O+.